The number of hydrogen-bond acceptors (Lipinski definition) is 8. The highest BCUT2D eigenvalue weighted by molar-refractivity contribution is 7.99. The molecule has 1 aliphatic rings. The van der Waals surface area contributed by atoms with Gasteiger partial charge in [-0.15, -0.1) is 11.8 Å². The molecule has 4 N–H and O–H groups in total. The first-order valence-corrected chi connectivity index (χ1v) is 18.6. The number of esters is 1. The maximum absolute atomic E-state index is 12.8. The fraction of sp³-hybridized carbons (Fsp3) is 0.233. The van der Waals surface area contributed by atoms with Crippen molar-refractivity contribution in [3.05, 3.63) is 161 Å². The summed E-state index contributed by atoms with van der Waals surface area (Å²) in [6.07, 6.45) is -0.299. The molecule has 4 atom stereocenters. The molecule has 11 heteroatoms. The number of carbonyl (C=O) groups is 3. The maximum Gasteiger partial charge on any atom is 0.336 e. The normalized spacial score (nSPS) is 17.3. The average molecular weight is 747 g/mol. The molecule has 0 saturated carbocycles. The second-order valence-electron chi connectivity index (χ2n) is 12.9. The van der Waals surface area contributed by atoms with Crippen LogP contribution in [0.1, 0.15) is 57.0 Å². The molecule has 278 valence electrons. The summed E-state index contributed by atoms with van der Waals surface area (Å²) in [7, 11) is 1.30. The van der Waals surface area contributed by atoms with Crippen molar-refractivity contribution >= 4 is 29.7 Å². The van der Waals surface area contributed by atoms with E-state index in [1.54, 1.807) is 12.1 Å². The molecule has 0 aromatic heterocycles. The minimum atomic E-state index is -0.971. The third kappa shape index (κ3) is 10.1. The Morgan fingerprint density at radius 1 is 0.796 bits per heavy atom. The van der Waals surface area contributed by atoms with Crippen molar-refractivity contribution in [3.8, 4) is 11.1 Å². The standard InChI is InChI=1S/C43H42N2O8S/c1-51-41(49)37(23-28-8-3-2-4-9-28)45-43(50)44-25-30-10-7-11-34(22-30)31-18-20-33(21-19-31)42-52-35(27-54-39-13-6-5-12-36(39)40(47)48)24-38(53-42)32-16-14-29(26-46)15-17-32/h2-22,35,37-38,42,46H,23-27H2,1H3,(H,47,48)(H2,44,45,50)/t35-,37-,38+,42+/m0/s1. The second-order valence-corrected chi connectivity index (χ2v) is 13.9. The molecule has 1 saturated heterocycles. The van der Waals surface area contributed by atoms with E-state index in [9.17, 15) is 24.6 Å². The lowest BCUT2D eigenvalue weighted by atomic mass is 9.99. The topological polar surface area (TPSA) is 143 Å². The summed E-state index contributed by atoms with van der Waals surface area (Å²) < 4.78 is 17.9. The zero-order valence-corrected chi connectivity index (χ0v) is 30.5. The van der Waals surface area contributed by atoms with Gasteiger partial charge >= 0.3 is 18.0 Å². The highest BCUT2D eigenvalue weighted by Gasteiger charge is 2.32. The van der Waals surface area contributed by atoms with Crippen LogP contribution in [0.5, 0.6) is 0 Å². The molecule has 5 aromatic carbocycles. The van der Waals surface area contributed by atoms with Gasteiger partial charge in [-0.2, -0.15) is 0 Å². The monoisotopic (exact) mass is 746 g/mol. The van der Waals surface area contributed by atoms with Crippen LogP contribution in [0.4, 0.5) is 4.79 Å². The van der Waals surface area contributed by atoms with Gasteiger partial charge in [0.05, 0.1) is 31.5 Å². The highest BCUT2D eigenvalue weighted by atomic mass is 32.2. The van der Waals surface area contributed by atoms with Crippen LogP contribution in [0.2, 0.25) is 0 Å². The van der Waals surface area contributed by atoms with Gasteiger partial charge in [-0.25, -0.2) is 14.4 Å². The Hall–Kier alpha value is -5.46. The number of nitrogens with one attached hydrogen (secondary N) is 2. The Balaban J connectivity index is 1.12. The Labute approximate surface area is 318 Å². The van der Waals surface area contributed by atoms with Crippen molar-refractivity contribution in [2.75, 3.05) is 12.9 Å². The van der Waals surface area contributed by atoms with Crippen molar-refractivity contribution in [1.82, 2.24) is 10.6 Å². The number of rotatable bonds is 14. The number of aliphatic hydroxyl groups is 1. The number of thioether (sulfide) groups is 1. The van der Waals surface area contributed by atoms with Crippen molar-refractivity contribution in [2.24, 2.45) is 0 Å². The first-order chi connectivity index (χ1) is 26.3. The fourth-order valence-electron chi connectivity index (χ4n) is 6.25. The van der Waals surface area contributed by atoms with Crippen LogP contribution < -0.4 is 10.6 Å². The molecule has 54 heavy (non-hydrogen) atoms. The van der Waals surface area contributed by atoms with E-state index >= 15 is 0 Å². The van der Waals surface area contributed by atoms with Gasteiger partial charge in [-0.05, 0) is 51.6 Å². The molecule has 0 spiro atoms. The van der Waals surface area contributed by atoms with Gasteiger partial charge < -0.3 is 35.1 Å². The number of hydrogen-bond donors (Lipinski definition) is 4. The van der Waals surface area contributed by atoms with Crippen LogP contribution in [0, 0.1) is 0 Å². The fourth-order valence-corrected chi connectivity index (χ4v) is 7.31. The average Bonchev–Trinajstić information content (AvgIpc) is 3.22. The Kier molecular flexibility index (Phi) is 13.1. The van der Waals surface area contributed by atoms with Crippen molar-refractivity contribution < 1.29 is 38.8 Å². The number of benzene rings is 5. The van der Waals surface area contributed by atoms with Crippen LogP contribution in [0.25, 0.3) is 11.1 Å². The lowest BCUT2D eigenvalue weighted by molar-refractivity contribution is -0.245. The predicted molar refractivity (Wildman–Crippen MR) is 206 cm³/mol. The van der Waals surface area contributed by atoms with Crippen LogP contribution in [0.15, 0.2) is 132 Å². The lowest BCUT2D eigenvalue weighted by Crippen LogP contribution is -2.47. The van der Waals surface area contributed by atoms with Gasteiger partial charge in [0.15, 0.2) is 6.29 Å². The number of ether oxygens (including phenoxy) is 3. The zero-order valence-electron chi connectivity index (χ0n) is 29.7. The molecule has 0 aliphatic carbocycles. The number of methoxy groups -OCH3 is 1. The Morgan fingerprint density at radius 2 is 1.50 bits per heavy atom. The van der Waals surface area contributed by atoms with E-state index in [2.05, 4.69) is 10.6 Å². The molecule has 5 aromatic rings. The molecule has 0 radical (unpaired) electrons. The molecule has 1 aliphatic heterocycles. The number of carboxylic acids is 1. The largest absolute Gasteiger partial charge is 0.478 e. The van der Waals surface area contributed by atoms with Gasteiger partial charge in [0.1, 0.15) is 6.04 Å². The summed E-state index contributed by atoms with van der Waals surface area (Å²) in [6.45, 7) is 0.200. The molecular weight excluding hydrogens is 705 g/mol. The van der Waals surface area contributed by atoms with Crippen LogP contribution in [-0.4, -0.2) is 53.2 Å². The number of carbonyl (C=O) groups excluding carboxylic acids is 2. The minimum absolute atomic E-state index is 0.0481. The third-order valence-electron chi connectivity index (χ3n) is 9.13. The highest BCUT2D eigenvalue weighted by Crippen LogP contribution is 2.40. The van der Waals surface area contributed by atoms with Crippen LogP contribution in [-0.2, 0) is 38.6 Å². The summed E-state index contributed by atoms with van der Waals surface area (Å²) in [5, 5.41) is 24.8. The number of urea groups is 1. The minimum Gasteiger partial charge on any atom is -0.478 e. The number of aromatic carboxylic acids is 1. The van der Waals surface area contributed by atoms with Crippen molar-refractivity contribution in [1.29, 1.82) is 0 Å². The molecule has 2 amide bonds. The van der Waals surface area contributed by atoms with Gasteiger partial charge in [0, 0.05) is 35.6 Å². The Bertz CT molecular complexity index is 2020. The molecule has 0 unspecified atom stereocenters. The van der Waals surface area contributed by atoms with Gasteiger partial charge in [0.25, 0.3) is 0 Å². The van der Waals surface area contributed by atoms with Crippen LogP contribution >= 0.6 is 11.8 Å². The summed E-state index contributed by atoms with van der Waals surface area (Å²) in [5.41, 5.74) is 6.56. The molecule has 0 bridgehead atoms. The second kappa shape index (κ2) is 18.5. The smallest absolute Gasteiger partial charge is 0.336 e. The van der Waals surface area contributed by atoms with Crippen molar-refractivity contribution in [2.45, 2.75) is 55.4 Å². The summed E-state index contributed by atoms with van der Waals surface area (Å²) >= 11 is 1.45. The first kappa shape index (κ1) is 38.3. The maximum atomic E-state index is 12.8. The zero-order chi connectivity index (χ0) is 37.9. The summed E-state index contributed by atoms with van der Waals surface area (Å²) in [5.74, 6) is -0.962. The van der Waals surface area contributed by atoms with E-state index in [1.165, 1.54) is 18.9 Å². The summed E-state index contributed by atoms with van der Waals surface area (Å²) in [6, 6.07) is 38.5. The first-order valence-electron chi connectivity index (χ1n) is 17.6. The molecular formula is C43H42N2O8S. The molecule has 6 rings (SSSR count). The van der Waals surface area contributed by atoms with Gasteiger partial charge in [-0.1, -0.05) is 109 Å². The summed E-state index contributed by atoms with van der Waals surface area (Å²) in [4.78, 5) is 37.7. The molecule has 1 heterocycles. The van der Waals surface area contributed by atoms with E-state index in [4.69, 9.17) is 14.2 Å². The van der Waals surface area contributed by atoms with Crippen molar-refractivity contribution in [3.63, 3.8) is 0 Å². The third-order valence-corrected chi connectivity index (χ3v) is 10.3. The van der Waals surface area contributed by atoms with E-state index in [0.717, 1.165) is 38.9 Å². The van der Waals surface area contributed by atoms with Gasteiger partial charge in [0.2, 0.25) is 0 Å². The SMILES string of the molecule is COC(=O)[C@H](Cc1ccccc1)NC(=O)NCc1cccc(-c2ccc([C@@H]3O[C@H](CSc4ccccc4C(=O)O)C[C@H](c4ccc(CO)cc4)O3)cc2)c1. The Morgan fingerprint density at radius 3 is 2.22 bits per heavy atom. The van der Waals surface area contributed by atoms with Crippen LogP contribution in [0.3, 0.4) is 0 Å². The molecule has 10 nitrogen and oxygen atoms in total. The molecule has 1 fully saturated rings. The quantitative estimate of drug-likeness (QED) is 0.0673. The van der Waals surface area contributed by atoms with E-state index < -0.39 is 30.3 Å². The van der Waals surface area contributed by atoms with Gasteiger partial charge in [-0.3, -0.25) is 0 Å². The number of aliphatic hydroxyl groups excluding tert-OH is 1. The number of carboxylic acid groups (broad SMARTS) is 1. The number of amides is 2. The predicted octanol–water partition coefficient (Wildman–Crippen LogP) is 7.47. The lowest BCUT2D eigenvalue weighted by Gasteiger charge is -2.36. The van der Waals surface area contributed by atoms with E-state index in [1.807, 2.05) is 115 Å². The van der Waals surface area contributed by atoms with E-state index in [-0.39, 0.29) is 30.9 Å². The van der Waals surface area contributed by atoms with E-state index in [0.29, 0.717) is 23.5 Å².